The van der Waals surface area contributed by atoms with Crippen LogP contribution in [0.4, 0.5) is 22.4 Å². The largest absolute Gasteiger partial charge is 0.508 e. The van der Waals surface area contributed by atoms with Crippen molar-refractivity contribution in [3.8, 4) is 17.2 Å². The third kappa shape index (κ3) is 6.99. The first kappa shape index (κ1) is 29.5. The van der Waals surface area contributed by atoms with Gasteiger partial charge in [-0.05, 0) is 51.1 Å². The highest BCUT2D eigenvalue weighted by molar-refractivity contribution is 5.94. The Bertz CT molecular complexity index is 1510. The molecule has 0 bridgehead atoms. The molecule has 2 aromatic carbocycles. The molecule has 2 N–H and O–H groups in total. The zero-order valence-electron chi connectivity index (χ0n) is 22.4. The van der Waals surface area contributed by atoms with E-state index in [0.717, 1.165) is 10.6 Å². The molecule has 0 spiro atoms. The normalized spacial score (nSPS) is 13.5. The SMILES string of the molecule is CC(C)(C)OC(=O)N1CCn2c(c(C(=O)NCc3ccc(O)cc3F)n(-c3ccc(OCC(F)(F)F)cc3)c2=O)C1. The number of hydrogen-bond acceptors (Lipinski definition) is 6. The maximum atomic E-state index is 14.3. The van der Waals surface area contributed by atoms with Gasteiger partial charge in [0.2, 0.25) is 0 Å². The summed E-state index contributed by atoms with van der Waals surface area (Å²) in [6, 6.07) is 8.52. The summed E-state index contributed by atoms with van der Waals surface area (Å²) in [5.41, 5.74) is -1.14. The number of ether oxygens (including phenoxy) is 2. The van der Waals surface area contributed by atoms with E-state index >= 15 is 0 Å². The summed E-state index contributed by atoms with van der Waals surface area (Å²) in [5.74, 6) is -1.93. The highest BCUT2D eigenvalue weighted by Gasteiger charge is 2.33. The zero-order chi connectivity index (χ0) is 30.1. The molecule has 10 nitrogen and oxygen atoms in total. The van der Waals surface area contributed by atoms with Gasteiger partial charge in [0, 0.05) is 31.3 Å². The van der Waals surface area contributed by atoms with Crippen LogP contribution >= 0.6 is 0 Å². The Balaban J connectivity index is 1.70. The molecule has 4 rings (SSSR count). The standard InChI is InChI=1S/C27H28F4N4O6/c1-26(2,3)41-25(39)33-10-11-34-21(14-33)22(23(37)32-13-16-4-7-18(36)12-20(16)28)35(24(34)38)17-5-8-19(9-6-17)40-15-27(29,30)31/h4-9,12,36H,10-11,13-15H2,1-3H3,(H,32,37). The number of imidazole rings is 1. The lowest BCUT2D eigenvalue weighted by atomic mass is 10.2. The van der Waals surface area contributed by atoms with Crippen molar-refractivity contribution in [2.75, 3.05) is 13.2 Å². The third-order valence-electron chi connectivity index (χ3n) is 6.02. The summed E-state index contributed by atoms with van der Waals surface area (Å²) in [6.45, 7) is 3.31. The van der Waals surface area contributed by atoms with E-state index in [-0.39, 0.29) is 60.3 Å². The van der Waals surface area contributed by atoms with E-state index in [4.69, 9.17) is 9.47 Å². The van der Waals surface area contributed by atoms with Crippen molar-refractivity contribution in [2.24, 2.45) is 0 Å². The number of hydrogen-bond donors (Lipinski definition) is 2. The lowest BCUT2D eigenvalue weighted by molar-refractivity contribution is -0.153. The summed E-state index contributed by atoms with van der Waals surface area (Å²) in [7, 11) is 0. The van der Waals surface area contributed by atoms with Gasteiger partial charge in [-0.2, -0.15) is 13.2 Å². The van der Waals surface area contributed by atoms with Crippen LogP contribution in [0.2, 0.25) is 0 Å². The van der Waals surface area contributed by atoms with Gasteiger partial charge in [0.1, 0.15) is 28.6 Å². The molecule has 0 saturated heterocycles. The van der Waals surface area contributed by atoms with E-state index in [1.54, 1.807) is 20.8 Å². The lowest BCUT2D eigenvalue weighted by Crippen LogP contribution is -2.43. The van der Waals surface area contributed by atoms with Crippen molar-refractivity contribution < 1.29 is 41.7 Å². The molecule has 3 aromatic rings. The van der Waals surface area contributed by atoms with Crippen molar-refractivity contribution in [3.05, 3.63) is 75.7 Å². The molecular formula is C27H28F4N4O6. The first-order chi connectivity index (χ1) is 19.1. The van der Waals surface area contributed by atoms with Crippen LogP contribution in [0.5, 0.6) is 11.5 Å². The molecule has 0 unspecified atom stereocenters. The highest BCUT2D eigenvalue weighted by atomic mass is 19.4. The summed E-state index contributed by atoms with van der Waals surface area (Å²) in [4.78, 5) is 41.1. The first-order valence-corrected chi connectivity index (χ1v) is 12.5. The number of carbonyl (C=O) groups is 2. The minimum Gasteiger partial charge on any atom is -0.508 e. The average Bonchev–Trinajstić information content (AvgIpc) is 3.17. The second-order valence-electron chi connectivity index (χ2n) is 10.3. The Labute approximate surface area is 231 Å². The van der Waals surface area contributed by atoms with E-state index < -0.39 is 41.9 Å². The molecule has 0 aliphatic carbocycles. The molecule has 0 fully saturated rings. The van der Waals surface area contributed by atoms with Gasteiger partial charge in [-0.15, -0.1) is 0 Å². The Kier molecular flexibility index (Phi) is 8.04. The molecule has 14 heteroatoms. The van der Waals surface area contributed by atoms with Crippen LogP contribution in [-0.4, -0.2) is 56.1 Å². The van der Waals surface area contributed by atoms with Crippen molar-refractivity contribution in [1.29, 1.82) is 0 Å². The Hall–Kier alpha value is -4.49. The topological polar surface area (TPSA) is 115 Å². The third-order valence-corrected chi connectivity index (χ3v) is 6.02. The number of phenols is 1. The fourth-order valence-corrected chi connectivity index (χ4v) is 4.21. The van der Waals surface area contributed by atoms with E-state index in [2.05, 4.69) is 5.32 Å². The van der Waals surface area contributed by atoms with Crippen LogP contribution in [0.1, 0.15) is 42.5 Å². The van der Waals surface area contributed by atoms with Gasteiger partial charge in [0.15, 0.2) is 6.61 Å². The molecule has 0 atom stereocenters. The van der Waals surface area contributed by atoms with Crippen molar-refractivity contribution in [2.45, 2.75) is 52.2 Å². The van der Waals surface area contributed by atoms with Crippen molar-refractivity contribution in [1.82, 2.24) is 19.4 Å². The van der Waals surface area contributed by atoms with Crippen LogP contribution < -0.4 is 15.7 Å². The van der Waals surface area contributed by atoms with Crippen molar-refractivity contribution >= 4 is 12.0 Å². The maximum absolute atomic E-state index is 14.3. The van der Waals surface area contributed by atoms with E-state index in [9.17, 15) is 37.1 Å². The molecule has 1 aliphatic heterocycles. The lowest BCUT2D eigenvalue weighted by Gasteiger charge is -2.30. The van der Waals surface area contributed by atoms with Gasteiger partial charge in [-0.25, -0.2) is 14.0 Å². The molecule has 1 aromatic heterocycles. The second-order valence-corrected chi connectivity index (χ2v) is 10.3. The Morgan fingerprint density at radius 3 is 2.34 bits per heavy atom. The number of aromatic hydroxyl groups is 1. The Morgan fingerprint density at radius 1 is 1.05 bits per heavy atom. The first-order valence-electron chi connectivity index (χ1n) is 12.5. The summed E-state index contributed by atoms with van der Waals surface area (Å²) < 4.78 is 64.5. The summed E-state index contributed by atoms with van der Waals surface area (Å²) >= 11 is 0. The monoisotopic (exact) mass is 580 g/mol. The smallest absolute Gasteiger partial charge is 0.422 e. The predicted molar refractivity (Wildman–Crippen MR) is 137 cm³/mol. The number of alkyl halides is 3. The number of carbonyl (C=O) groups excluding carboxylic acids is 2. The van der Waals surface area contributed by atoms with Crippen LogP contribution in [0.3, 0.4) is 0 Å². The number of fused-ring (bicyclic) bond motifs is 1. The van der Waals surface area contributed by atoms with Crippen LogP contribution in [0.25, 0.3) is 5.69 Å². The van der Waals surface area contributed by atoms with Crippen LogP contribution in [0.15, 0.2) is 47.3 Å². The van der Waals surface area contributed by atoms with Gasteiger partial charge in [-0.1, -0.05) is 6.07 Å². The van der Waals surface area contributed by atoms with Crippen LogP contribution in [-0.2, 0) is 24.4 Å². The molecule has 1 aliphatic rings. The number of benzene rings is 2. The van der Waals surface area contributed by atoms with Gasteiger partial charge >= 0.3 is 18.0 Å². The molecule has 2 amide bonds. The average molecular weight is 581 g/mol. The van der Waals surface area contributed by atoms with E-state index in [1.807, 2.05) is 0 Å². The van der Waals surface area contributed by atoms with E-state index in [1.165, 1.54) is 45.9 Å². The second kappa shape index (κ2) is 11.2. The maximum Gasteiger partial charge on any atom is 0.422 e. The molecular weight excluding hydrogens is 552 g/mol. The number of nitrogens with zero attached hydrogens (tertiary/aromatic N) is 3. The molecule has 0 saturated carbocycles. The number of rotatable bonds is 6. The summed E-state index contributed by atoms with van der Waals surface area (Å²) in [6.07, 6.45) is -5.19. The molecule has 2 heterocycles. The highest BCUT2D eigenvalue weighted by Crippen LogP contribution is 2.24. The summed E-state index contributed by atoms with van der Waals surface area (Å²) in [5, 5.41) is 12.0. The fourth-order valence-electron chi connectivity index (χ4n) is 4.21. The van der Waals surface area contributed by atoms with Gasteiger partial charge < -0.3 is 24.8 Å². The number of phenolic OH excluding ortho intramolecular Hbond substituents is 1. The number of nitrogens with one attached hydrogen (secondary N) is 1. The number of amides is 2. The minimum atomic E-state index is -4.54. The van der Waals surface area contributed by atoms with E-state index in [0.29, 0.717) is 0 Å². The molecule has 41 heavy (non-hydrogen) atoms. The minimum absolute atomic E-state index is 0.0417. The fraction of sp³-hybridized carbons (Fsp3) is 0.370. The Morgan fingerprint density at radius 2 is 1.73 bits per heavy atom. The molecule has 0 radical (unpaired) electrons. The quantitative estimate of drug-likeness (QED) is 0.425. The number of halogens is 4. The molecule has 220 valence electrons. The van der Waals surface area contributed by atoms with Crippen molar-refractivity contribution in [3.63, 3.8) is 0 Å². The van der Waals surface area contributed by atoms with Crippen LogP contribution in [0, 0.1) is 5.82 Å². The zero-order valence-corrected chi connectivity index (χ0v) is 22.4. The number of aromatic nitrogens is 2. The van der Waals surface area contributed by atoms with Gasteiger partial charge in [0.25, 0.3) is 5.91 Å². The predicted octanol–water partition coefficient (Wildman–Crippen LogP) is 4.11. The van der Waals surface area contributed by atoms with Gasteiger partial charge in [0.05, 0.1) is 17.9 Å². The van der Waals surface area contributed by atoms with Gasteiger partial charge in [-0.3, -0.25) is 13.9 Å².